The number of para-hydroxylation sites is 1. The van der Waals surface area contributed by atoms with Gasteiger partial charge >= 0.3 is 0 Å². The van der Waals surface area contributed by atoms with Gasteiger partial charge in [-0.25, -0.2) is 4.98 Å². The molecule has 0 aliphatic heterocycles. The van der Waals surface area contributed by atoms with E-state index >= 15 is 0 Å². The van der Waals surface area contributed by atoms with E-state index in [2.05, 4.69) is 10.1 Å². The van der Waals surface area contributed by atoms with Gasteiger partial charge in [0.2, 0.25) is 0 Å². The number of aromatic nitrogens is 3. The molecule has 1 heterocycles. The molecule has 0 spiro atoms. The fourth-order valence-corrected chi connectivity index (χ4v) is 1.93. The maximum Gasteiger partial charge on any atom is 0.165 e. The number of benzene rings is 1. The van der Waals surface area contributed by atoms with E-state index in [-0.39, 0.29) is 0 Å². The molecule has 2 N–H and O–H groups in total. The van der Waals surface area contributed by atoms with Gasteiger partial charge in [0.25, 0.3) is 0 Å². The first-order valence-electron chi connectivity index (χ1n) is 6.66. The average molecular weight is 276 g/mol. The van der Waals surface area contributed by atoms with Gasteiger partial charge < -0.3 is 15.2 Å². The monoisotopic (exact) mass is 276 g/mol. The Morgan fingerprint density at radius 3 is 2.80 bits per heavy atom. The third-order valence-electron chi connectivity index (χ3n) is 2.92. The van der Waals surface area contributed by atoms with Gasteiger partial charge in [0.15, 0.2) is 17.3 Å². The maximum absolute atomic E-state index is 5.89. The highest BCUT2D eigenvalue weighted by atomic mass is 16.5. The zero-order valence-corrected chi connectivity index (χ0v) is 11.9. The van der Waals surface area contributed by atoms with E-state index in [0.29, 0.717) is 19.8 Å². The molecule has 6 heteroatoms. The van der Waals surface area contributed by atoms with Crippen molar-refractivity contribution in [2.75, 3.05) is 13.2 Å². The van der Waals surface area contributed by atoms with Crippen LogP contribution in [0.5, 0.6) is 11.5 Å². The van der Waals surface area contributed by atoms with Gasteiger partial charge in [-0.15, -0.1) is 0 Å². The number of ether oxygens (including phenoxy) is 2. The van der Waals surface area contributed by atoms with Crippen LogP contribution in [0.3, 0.4) is 0 Å². The van der Waals surface area contributed by atoms with Crippen molar-refractivity contribution in [3.8, 4) is 11.5 Å². The molecule has 20 heavy (non-hydrogen) atoms. The number of hydrogen-bond acceptors (Lipinski definition) is 5. The lowest BCUT2D eigenvalue weighted by molar-refractivity contribution is 0.257. The Morgan fingerprint density at radius 2 is 2.15 bits per heavy atom. The van der Waals surface area contributed by atoms with Crippen molar-refractivity contribution in [1.29, 1.82) is 0 Å². The van der Waals surface area contributed by atoms with Gasteiger partial charge in [-0.1, -0.05) is 12.1 Å². The Morgan fingerprint density at radius 1 is 1.30 bits per heavy atom. The topological polar surface area (TPSA) is 75.2 Å². The van der Waals surface area contributed by atoms with E-state index in [4.69, 9.17) is 15.2 Å². The molecule has 0 radical (unpaired) electrons. The van der Waals surface area contributed by atoms with Crippen molar-refractivity contribution in [3.63, 3.8) is 0 Å². The highest BCUT2D eigenvalue weighted by Gasteiger charge is 2.12. The first kappa shape index (κ1) is 14.3. The molecule has 0 aliphatic carbocycles. The number of rotatable bonds is 7. The minimum atomic E-state index is 0.345. The maximum atomic E-state index is 5.89. The molecule has 108 valence electrons. The molecule has 2 aromatic rings. The van der Waals surface area contributed by atoms with Crippen molar-refractivity contribution >= 4 is 0 Å². The van der Waals surface area contributed by atoms with E-state index in [9.17, 15) is 0 Å². The van der Waals surface area contributed by atoms with Crippen LogP contribution in [-0.4, -0.2) is 27.9 Å². The minimum absolute atomic E-state index is 0.345. The zero-order chi connectivity index (χ0) is 14.4. The van der Waals surface area contributed by atoms with E-state index in [1.165, 1.54) is 6.33 Å². The third-order valence-corrected chi connectivity index (χ3v) is 2.92. The summed E-state index contributed by atoms with van der Waals surface area (Å²) in [6, 6.07) is 5.85. The third kappa shape index (κ3) is 3.27. The molecule has 0 saturated heterocycles. The normalized spacial score (nSPS) is 10.6. The summed E-state index contributed by atoms with van der Waals surface area (Å²) in [5.41, 5.74) is 6.69. The SMILES string of the molecule is CCOc1cccc(CCN)c1OCc1ncnn1C. The fraction of sp³-hybridized carbons (Fsp3) is 0.429. The van der Waals surface area contributed by atoms with Crippen molar-refractivity contribution in [3.05, 3.63) is 35.9 Å². The van der Waals surface area contributed by atoms with Crippen LogP contribution in [0.4, 0.5) is 0 Å². The lowest BCUT2D eigenvalue weighted by Gasteiger charge is -2.15. The van der Waals surface area contributed by atoms with Gasteiger partial charge in [-0.2, -0.15) is 5.10 Å². The van der Waals surface area contributed by atoms with Crippen molar-refractivity contribution < 1.29 is 9.47 Å². The molecule has 0 fully saturated rings. The summed E-state index contributed by atoms with van der Waals surface area (Å²) in [6.45, 7) is 3.45. The van der Waals surface area contributed by atoms with E-state index in [0.717, 1.165) is 29.3 Å². The largest absolute Gasteiger partial charge is 0.490 e. The van der Waals surface area contributed by atoms with E-state index < -0.39 is 0 Å². The van der Waals surface area contributed by atoms with Gasteiger partial charge in [0.05, 0.1) is 6.61 Å². The summed E-state index contributed by atoms with van der Waals surface area (Å²) in [5, 5.41) is 4.02. The standard InChI is InChI=1S/C14H20N4O2/c1-3-19-12-6-4-5-11(7-8-15)14(12)20-9-13-16-10-17-18(13)2/h4-6,10H,3,7-9,15H2,1-2H3. The van der Waals surface area contributed by atoms with Gasteiger partial charge in [0, 0.05) is 7.05 Å². The molecule has 0 aliphatic rings. The second-order valence-electron chi connectivity index (χ2n) is 4.30. The Bertz CT molecular complexity index is 530. The first-order valence-corrected chi connectivity index (χ1v) is 6.66. The van der Waals surface area contributed by atoms with Crippen LogP contribution in [0.2, 0.25) is 0 Å². The molecular weight excluding hydrogens is 256 g/mol. The molecule has 0 amide bonds. The molecule has 0 atom stereocenters. The van der Waals surface area contributed by atoms with Gasteiger partial charge in [-0.3, -0.25) is 4.68 Å². The Hall–Kier alpha value is -2.08. The van der Waals surface area contributed by atoms with Crippen molar-refractivity contribution in [2.24, 2.45) is 12.8 Å². The molecule has 1 aromatic heterocycles. The molecular formula is C14H20N4O2. The number of aryl methyl sites for hydroxylation is 1. The predicted molar refractivity (Wildman–Crippen MR) is 75.7 cm³/mol. The predicted octanol–water partition coefficient (Wildman–Crippen LogP) is 1.29. The Balaban J connectivity index is 2.20. The van der Waals surface area contributed by atoms with Crippen LogP contribution in [0.1, 0.15) is 18.3 Å². The minimum Gasteiger partial charge on any atom is -0.490 e. The molecule has 1 aromatic carbocycles. The van der Waals surface area contributed by atoms with Gasteiger partial charge in [-0.05, 0) is 31.5 Å². The van der Waals surface area contributed by atoms with Crippen LogP contribution < -0.4 is 15.2 Å². The summed E-state index contributed by atoms with van der Waals surface area (Å²) in [4.78, 5) is 4.14. The van der Waals surface area contributed by atoms with Crippen LogP contribution in [0.25, 0.3) is 0 Å². The van der Waals surface area contributed by atoms with Crippen molar-refractivity contribution in [1.82, 2.24) is 14.8 Å². The summed E-state index contributed by atoms with van der Waals surface area (Å²) in [6.07, 6.45) is 2.25. The molecule has 0 bridgehead atoms. The smallest absolute Gasteiger partial charge is 0.165 e. The summed E-state index contributed by atoms with van der Waals surface area (Å²) in [7, 11) is 1.83. The first-order chi connectivity index (χ1) is 9.76. The number of hydrogen-bond donors (Lipinski definition) is 1. The van der Waals surface area contributed by atoms with Crippen LogP contribution in [0.15, 0.2) is 24.5 Å². The summed E-state index contributed by atoms with van der Waals surface area (Å²) >= 11 is 0. The van der Waals surface area contributed by atoms with Crippen LogP contribution >= 0.6 is 0 Å². The quantitative estimate of drug-likeness (QED) is 0.825. The Labute approximate surface area is 118 Å². The number of nitrogens with two attached hydrogens (primary N) is 1. The van der Waals surface area contributed by atoms with Gasteiger partial charge in [0.1, 0.15) is 12.9 Å². The average Bonchev–Trinajstić information content (AvgIpc) is 2.84. The molecule has 6 nitrogen and oxygen atoms in total. The number of nitrogens with zero attached hydrogens (tertiary/aromatic N) is 3. The lowest BCUT2D eigenvalue weighted by Crippen LogP contribution is -2.09. The molecule has 2 rings (SSSR count). The lowest BCUT2D eigenvalue weighted by atomic mass is 10.1. The molecule has 0 saturated carbocycles. The highest BCUT2D eigenvalue weighted by molar-refractivity contribution is 5.46. The summed E-state index contributed by atoms with van der Waals surface area (Å²) in [5.74, 6) is 2.23. The second kappa shape index (κ2) is 6.91. The fourth-order valence-electron chi connectivity index (χ4n) is 1.93. The highest BCUT2D eigenvalue weighted by Crippen LogP contribution is 2.32. The van der Waals surface area contributed by atoms with Crippen molar-refractivity contribution in [2.45, 2.75) is 20.0 Å². The molecule has 0 unspecified atom stereocenters. The van der Waals surface area contributed by atoms with Crippen LogP contribution in [-0.2, 0) is 20.1 Å². The second-order valence-corrected chi connectivity index (χ2v) is 4.30. The van der Waals surface area contributed by atoms with E-state index in [1.54, 1.807) is 4.68 Å². The van der Waals surface area contributed by atoms with Crippen LogP contribution in [0, 0.1) is 0 Å². The Kier molecular flexibility index (Phi) is 4.95. The zero-order valence-electron chi connectivity index (χ0n) is 11.9. The summed E-state index contributed by atoms with van der Waals surface area (Å²) < 4.78 is 13.2. The van der Waals surface area contributed by atoms with E-state index in [1.807, 2.05) is 32.2 Å².